The van der Waals surface area contributed by atoms with E-state index in [1.807, 2.05) is 25.1 Å². The van der Waals surface area contributed by atoms with Crippen molar-refractivity contribution in [3.63, 3.8) is 0 Å². The summed E-state index contributed by atoms with van der Waals surface area (Å²) in [6.45, 7) is 7.68. The molecule has 0 aliphatic heterocycles. The third kappa shape index (κ3) is 3.69. The van der Waals surface area contributed by atoms with Crippen molar-refractivity contribution in [1.29, 1.82) is 0 Å². The Hall–Kier alpha value is -2.16. The van der Waals surface area contributed by atoms with Crippen LogP contribution in [0, 0.1) is 13.8 Å². The van der Waals surface area contributed by atoms with E-state index in [0.717, 1.165) is 23.7 Å². The first-order valence-electron chi connectivity index (χ1n) is 7.25. The lowest BCUT2D eigenvalue weighted by molar-refractivity contribution is 0.311. The topological polar surface area (TPSA) is 30.5 Å². The van der Waals surface area contributed by atoms with Crippen molar-refractivity contribution in [2.75, 3.05) is 19.0 Å². The van der Waals surface area contributed by atoms with Crippen molar-refractivity contribution < 1.29 is 9.47 Å². The van der Waals surface area contributed by atoms with Gasteiger partial charge < -0.3 is 14.8 Å². The summed E-state index contributed by atoms with van der Waals surface area (Å²) in [5, 5.41) is 3.46. The number of methoxy groups -OCH3 is 1. The Bertz CT molecular complexity index is 588. The zero-order valence-corrected chi connectivity index (χ0v) is 13.2. The van der Waals surface area contributed by atoms with Gasteiger partial charge in [0.25, 0.3) is 0 Å². The van der Waals surface area contributed by atoms with E-state index < -0.39 is 0 Å². The molecule has 3 nitrogen and oxygen atoms in total. The van der Waals surface area contributed by atoms with E-state index in [0.29, 0.717) is 6.61 Å². The van der Waals surface area contributed by atoms with Crippen LogP contribution < -0.4 is 14.8 Å². The van der Waals surface area contributed by atoms with E-state index in [2.05, 4.69) is 37.4 Å². The van der Waals surface area contributed by atoms with E-state index >= 15 is 0 Å². The molecule has 0 saturated carbocycles. The Morgan fingerprint density at radius 2 is 1.71 bits per heavy atom. The van der Waals surface area contributed by atoms with Gasteiger partial charge in [0.15, 0.2) is 11.5 Å². The number of hydrogen-bond donors (Lipinski definition) is 1. The Kier molecular flexibility index (Phi) is 5.09. The quantitative estimate of drug-likeness (QED) is 0.857. The maximum Gasteiger partial charge on any atom is 0.163 e. The van der Waals surface area contributed by atoms with Crippen LogP contribution in [0.1, 0.15) is 23.6 Å². The van der Waals surface area contributed by atoms with E-state index in [4.69, 9.17) is 9.47 Å². The standard InChI is InChI=1S/C18H23NO2/c1-5-21-18-11-15(9-10-17(18)20-4)19-12-16-13(2)7-6-8-14(16)3/h6-11,19H,5,12H2,1-4H3. The van der Waals surface area contributed by atoms with Gasteiger partial charge in [-0.2, -0.15) is 0 Å². The number of nitrogens with one attached hydrogen (secondary N) is 1. The molecule has 2 aromatic carbocycles. The minimum Gasteiger partial charge on any atom is -0.493 e. The lowest BCUT2D eigenvalue weighted by atomic mass is 10.0. The molecule has 0 saturated heterocycles. The van der Waals surface area contributed by atoms with Crippen LogP contribution in [0.25, 0.3) is 0 Å². The SMILES string of the molecule is CCOc1cc(NCc2c(C)cccc2C)ccc1OC. The maximum atomic E-state index is 5.60. The molecule has 2 aromatic rings. The van der Waals surface area contributed by atoms with Crippen LogP contribution in [0.4, 0.5) is 5.69 Å². The van der Waals surface area contributed by atoms with Crippen LogP contribution in [0.5, 0.6) is 11.5 Å². The molecule has 0 radical (unpaired) electrons. The fourth-order valence-corrected chi connectivity index (χ4v) is 2.37. The average molecular weight is 285 g/mol. The van der Waals surface area contributed by atoms with Crippen LogP contribution >= 0.6 is 0 Å². The molecule has 0 atom stereocenters. The molecule has 112 valence electrons. The van der Waals surface area contributed by atoms with Crippen molar-refractivity contribution in [2.24, 2.45) is 0 Å². The average Bonchev–Trinajstić information content (AvgIpc) is 2.47. The summed E-state index contributed by atoms with van der Waals surface area (Å²) < 4.78 is 10.9. The Balaban J connectivity index is 2.15. The summed E-state index contributed by atoms with van der Waals surface area (Å²) in [4.78, 5) is 0. The molecule has 2 rings (SSSR count). The molecule has 0 heterocycles. The van der Waals surface area contributed by atoms with Gasteiger partial charge in [0.05, 0.1) is 13.7 Å². The second-order valence-corrected chi connectivity index (χ2v) is 5.02. The normalized spacial score (nSPS) is 10.3. The molecule has 0 fully saturated rings. The van der Waals surface area contributed by atoms with Crippen molar-refractivity contribution >= 4 is 5.69 Å². The van der Waals surface area contributed by atoms with Gasteiger partial charge in [0.1, 0.15) is 0 Å². The summed E-state index contributed by atoms with van der Waals surface area (Å²) in [6, 6.07) is 12.3. The van der Waals surface area contributed by atoms with Gasteiger partial charge in [0.2, 0.25) is 0 Å². The van der Waals surface area contributed by atoms with Crippen LogP contribution in [-0.2, 0) is 6.54 Å². The lowest BCUT2D eigenvalue weighted by Gasteiger charge is -2.14. The highest BCUT2D eigenvalue weighted by Gasteiger charge is 2.06. The summed E-state index contributed by atoms with van der Waals surface area (Å²) in [5.74, 6) is 1.53. The fourth-order valence-electron chi connectivity index (χ4n) is 2.37. The Morgan fingerprint density at radius 3 is 2.33 bits per heavy atom. The lowest BCUT2D eigenvalue weighted by Crippen LogP contribution is -2.04. The highest BCUT2D eigenvalue weighted by atomic mass is 16.5. The predicted molar refractivity (Wildman–Crippen MR) is 87.4 cm³/mol. The van der Waals surface area contributed by atoms with Gasteiger partial charge in [-0.25, -0.2) is 0 Å². The van der Waals surface area contributed by atoms with Crippen molar-refractivity contribution in [3.8, 4) is 11.5 Å². The number of anilines is 1. The molecule has 1 N–H and O–H groups in total. The van der Waals surface area contributed by atoms with E-state index in [1.165, 1.54) is 16.7 Å². The second-order valence-electron chi connectivity index (χ2n) is 5.02. The molecule has 0 unspecified atom stereocenters. The molecular weight excluding hydrogens is 262 g/mol. The van der Waals surface area contributed by atoms with E-state index in [1.54, 1.807) is 7.11 Å². The third-order valence-electron chi connectivity index (χ3n) is 3.58. The van der Waals surface area contributed by atoms with Gasteiger partial charge >= 0.3 is 0 Å². The van der Waals surface area contributed by atoms with Crippen molar-refractivity contribution in [2.45, 2.75) is 27.3 Å². The van der Waals surface area contributed by atoms with Crippen molar-refractivity contribution in [1.82, 2.24) is 0 Å². The van der Waals surface area contributed by atoms with Crippen LogP contribution in [0.15, 0.2) is 36.4 Å². The number of benzene rings is 2. The highest BCUT2D eigenvalue weighted by Crippen LogP contribution is 2.30. The summed E-state index contributed by atoms with van der Waals surface area (Å²) in [5.41, 5.74) is 4.98. The Morgan fingerprint density at radius 1 is 1.00 bits per heavy atom. The first-order chi connectivity index (χ1) is 10.2. The van der Waals surface area contributed by atoms with E-state index in [-0.39, 0.29) is 0 Å². The largest absolute Gasteiger partial charge is 0.493 e. The summed E-state index contributed by atoms with van der Waals surface area (Å²) in [7, 11) is 1.65. The molecular formula is C18H23NO2. The molecule has 0 bridgehead atoms. The number of rotatable bonds is 6. The number of aryl methyl sites for hydroxylation is 2. The monoisotopic (exact) mass is 285 g/mol. The molecule has 3 heteroatoms. The number of hydrogen-bond acceptors (Lipinski definition) is 3. The van der Waals surface area contributed by atoms with Gasteiger partial charge in [-0.1, -0.05) is 18.2 Å². The molecule has 0 aliphatic carbocycles. The maximum absolute atomic E-state index is 5.60. The summed E-state index contributed by atoms with van der Waals surface area (Å²) >= 11 is 0. The predicted octanol–water partition coefficient (Wildman–Crippen LogP) is 4.32. The Labute approximate surface area is 126 Å². The first kappa shape index (κ1) is 15.2. The zero-order valence-electron chi connectivity index (χ0n) is 13.2. The minimum atomic E-state index is 0.622. The molecule has 0 amide bonds. The zero-order chi connectivity index (χ0) is 15.2. The van der Waals surface area contributed by atoms with Crippen LogP contribution in [-0.4, -0.2) is 13.7 Å². The first-order valence-corrected chi connectivity index (χ1v) is 7.25. The molecule has 21 heavy (non-hydrogen) atoms. The second kappa shape index (κ2) is 7.02. The fraction of sp³-hybridized carbons (Fsp3) is 0.333. The third-order valence-corrected chi connectivity index (χ3v) is 3.58. The molecule has 0 aliphatic rings. The molecule has 0 spiro atoms. The van der Waals surface area contributed by atoms with E-state index in [9.17, 15) is 0 Å². The number of ether oxygens (including phenoxy) is 2. The van der Waals surface area contributed by atoms with Gasteiger partial charge in [0, 0.05) is 18.3 Å². The van der Waals surface area contributed by atoms with Gasteiger partial charge in [-0.3, -0.25) is 0 Å². The van der Waals surface area contributed by atoms with Gasteiger partial charge in [-0.15, -0.1) is 0 Å². The summed E-state index contributed by atoms with van der Waals surface area (Å²) in [6.07, 6.45) is 0. The minimum absolute atomic E-state index is 0.622. The highest BCUT2D eigenvalue weighted by molar-refractivity contribution is 5.55. The molecule has 0 aromatic heterocycles. The van der Waals surface area contributed by atoms with Crippen molar-refractivity contribution in [3.05, 3.63) is 53.1 Å². The van der Waals surface area contributed by atoms with Gasteiger partial charge in [-0.05, 0) is 49.6 Å². The van der Waals surface area contributed by atoms with Crippen LogP contribution in [0.2, 0.25) is 0 Å². The smallest absolute Gasteiger partial charge is 0.163 e. The van der Waals surface area contributed by atoms with Crippen LogP contribution in [0.3, 0.4) is 0 Å².